The summed E-state index contributed by atoms with van der Waals surface area (Å²) in [6.45, 7) is 0. The SMILES string of the molecule is [O-][Cl+3]([O-])([O-])O.c1cocn1. The minimum Gasteiger partial charge on any atom is -0.452 e. The van der Waals surface area contributed by atoms with Gasteiger partial charge in [-0.1, -0.05) is 0 Å². The molecule has 7 heteroatoms. The second kappa shape index (κ2) is 4.20. The molecule has 0 saturated heterocycles. The van der Waals surface area contributed by atoms with Crippen LogP contribution < -0.4 is 14.0 Å². The van der Waals surface area contributed by atoms with Gasteiger partial charge in [-0.15, -0.1) is 0 Å². The molecule has 0 bridgehead atoms. The fourth-order valence-corrected chi connectivity index (χ4v) is 0.176. The Hall–Kier alpha value is -0.660. The maximum Gasteiger partial charge on any atom is 0.180 e. The van der Waals surface area contributed by atoms with Crippen molar-refractivity contribution in [2.45, 2.75) is 0 Å². The van der Waals surface area contributed by atoms with Crippen LogP contribution in [-0.4, -0.2) is 9.64 Å². The summed E-state index contributed by atoms with van der Waals surface area (Å²) < 4.78 is 37.2. The van der Waals surface area contributed by atoms with Gasteiger partial charge in [0.1, 0.15) is 6.26 Å². The predicted octanol–water partition coefficient (Wildman–Crippen LogP) is -3.45. The highest BCUT2D eigenvalue weighted by Crippen LogP contribution is 1.72. The van der Waals surface area contributed by atoms with Crippen molar-refractivity contribution in [3.8, 4) is 0 Å². The second-order valence-electron chi connectivity index (χ2n) is 1.07. The van der Waals surface area contributed by atoms with Crippen molar-refractivity contribution in [1.29, 1.82) is 0 Å². The van der Waals surface area contributed by atoms with E-state index in [1.54, 1.807) is 6.20 Å². The highest BCUT2D eigenvalue weighted by molar-refractivity contribution is 4.56. The Morgan fingerprint density at radius 1 is 1.40 bits per heavy atom. The number of nitrogens with zero attached hydrogens (tertiary/aromatic N) is 1. The van der Waals surface area contributed by atoms with E-state index in [2.05, 4.69) is 9.40 Å². The van der Waals surface area contributed by atoms with Gasteiger partial charge in [0.05, 0.1) is 21.1 Å². The number of rotatable bonds is 0. The molecule has 0 atom stereocenters. The molecule has 1 aromatic rings. The van der Waals surface area contributed by atoms with E-state index in [-0.39, 0.29) is 0 Å². The molecule has 58 valence electrons. The summed E-state index contributed by atoms with van der Waals surface area (Å²) in [5, 5.41) is 0. The highest BCUT2D eigenvalue weighted by atomic mass is 35.7. The third-order valence-electron chi connectivity index (χ3n) is 0.347. The van der Waals surface area contributed by atoms with Gasteiger partial charge >= 0.3 is 0 Å². The maximum atomic E-state index is 8.60. The molecule has 10 heavy (non-hydrogen) atoms. The predicted molar refractivity (Wildman–Crippen MR) is 18.7 cm³/mol. The van der Waals surface area contributed by atoms with Gasteiger partial charge in [0, 0.05) is 0 Å². The molecule has 0 unspecified atom stereocenters. The van der Waals surface area contributed by atoms with Crippen molar-refractivity contribution < 1.29 is 33.3 Å². The van der Waals surface area contributed by atoms with Crippen LogP contribution in [-0.2, 0) is 0 Å². The van der Waals surface area contributed by atoms with Crippen molar-refractivity contribution in [3.63, 3.8) is 0 Å². The molecule has 0 aliphatic carbocycles. The van der Waals surface area contributed by atoms with Gasteiger partial charge in [-0.3, -0.25) is 0 Å². The lowest BCUT2D eigenvalue weighted by molar-refractivity contribution is -1.92. The van der Waals surface area contributed by atoms with Crippen molar-refractivity contribution in [2.24, 2.45) is 0 Å². The molecular formula is C3H4ClNO5. The molecule has 0 radical (unpaired) electrons. The summed E-state index contributed by atoms with van der Waals surface area (Å²) in [4.78, 5) is 3.56. The lowest BCUT2D eigenvalue weighted by Gasteiger charge is -2.03. The summed E-state index contributed by atoms with van der Waals surface area (Å²) >= 11 is 0. The molecule has 1 aromatic heterocycles. The normalized spacial score (nSPS) is 10.0. The lowest BCUT2D eigenvalue weighted by atomic mass is 11.0. The molecule has 0 aliphatic rings. The number of halogens is 1. The van der Waals surface area contributed by atoms with Crippen molar-refractivity contribution in [3.05, 3.63) is 18.9 Å². The lowest BCUT2D eigenvalue weighted by Crippen LogP contribution is -2.58. The Kier molecular flexibility index (Phi) is 3.93. The summed E-state index contributed by atoms with van der Waals surface area (Å²) in [7, 11) is -4.69. The van der Waals surface area contributed by atoms with Crippen LogP contribution in [0.25, 0.3) is 0 Å². The van der Waals surface area contributed by atoms with E-state index in [0.29, 0.717) is 0 Å². The van der Waals surface area contributed by atoms with Gasteiger partial charge < -0.3 is 4.42 Å². The molecule has 1 N–H and O–H groups in total. The van der Waals surface area contributed by atoms with Crippen LogP contribution in [0.3, 0.4) is 0 Å². The maximum absolute atomic E-state index is 8.60. The third-order valence-corrected chi connectivity index (χ3v) is 0.347. The summed E-state index contributed by atoms with van der Waals surface area (Å²) in [6.07, 6.45) is 4.47. The number of hydrogen-bond donors (Lipinski definition) is 1. The molecule has 0 saturated carbocycles. The molecular weight excluding hydrogens is 165 g/mol. The van der Waals surface area contributed by atoms with Crippen LogP contribution in [0.5, 0.6) is 0 Å². The average molecular weight is 170 g/mol. The van der Waals surface area contributed by atoms with E-state index < -0.39 is 10.2 Å². The van der Waals surface area contributed by atoms with Crippen LogP contribution in [0.1, 0.15) is 0 Å². The monoisotopic (exact) mass is 169 g/mol. The first-order valence-corrected chi connectivity index (χ1v) is 3.22. The quantitative estimate of drug-likeness (QED) is 0.432. The van der Waals surface area contributed by atoms with Crippen LogP contribution >= 0.6 is 0 Å². The smallest absolute Gasteiger partial charge is 0.180 e. The topological polar surface area (TPSA) is 115 Å². The molecule has 0 fully saturated rings. The highest BCUT2D eigenvalue weighted by Gasteiger charge is 1.98. The zero-order valence-corrected chi connectivity index (χ0v) is 5.39. The minimum atomic E-state index is -4.69. The Balaban J connectivity index is 0.000000162. The van der Waals surface area contributed by atoms with E-state index in [4.69, 9.17) is 18.6 Å². The van der Waals surface area contributed by atoms with E-state index >= 15 is 0 Å². The third kappa shape index (κ3) is 15.7. The number of aromatic nitrogens is 1. The second-order valence-corrected chi connectivity index (χ2v) is 1.86. The van der Waals surface area contributed by atoms with Crippen molar-refractivity contribution in [1.82, 2.24) is 4.98 Å². The van der Waals surface area contributed by atoms with Crippen LogP contribution in [0.2, 0.25) is 0 Å². The fraction of sp³-hybridized carbons (Fsp3) is 0. The van der Waals surface area contributed by atoms with E-state index in [9.17, 15) is 0 Å². The van der Waals surface area contributed by atoms with Gasteiger partial charge in [0.2, 0.25) is 0 Å². The van der Waals surface area contributed by atoms with Gasteiger partial charge in [0.15, 0.2) is 6.39 Å². The van der Waals surface area contributed by atoms with Crippen molar-refractivity contribution >= 4 is 0 Å². The average Bonchev–Trinajstić information content (AvgIpc) is 2.07. The van der Waals surface area contributed by atoms with Gasteiger partial charge in [-0.25, -0.2) is 4.98 Å². The van der Waals surface area contributed by atoms with E-state index in [1.807, 2.05) is 0 Å². The Labute approximate surface area is 58.1 Å². The first-order valence-electron chi connectivity index (χ1n) is 1.95. The first kappa shape index (κ1) is 9.34. The molecule has 1 rings (SSSR count). The Morgan fingerprint density at radius 3 is 2.00 bits per heavy atom. The summed E-state index contributed by atoms with van der Waals surface area (Å²) in [5.74, 6) is 0. The Morgan fingerprint density at radius 2 is 1.90 bits per heavy atom. The van der Waals surface area contributed by atoms with Crippen molar-refractivity contribution in [2.75, 3.05) is 0 Å². The Bertz CT molecular complexity index is 123. The van der Waals surface area contributed by atoms with Crippen LogP contribution in [0.15, 0.2) is 23.3 Å². The molecule has 0 aromatic carbocycles. The molecule has 1 heterocycles. The minimum absolute atomic E-state index is 1.38. The summed E-state index contributed by atoms with van der Waals surface area (Å²) in [5.41, 5.74) is 0. The largest absolute Gasteiger partial charge is 0.452 e. The first-order chi connectivity index (χ1) is 4.50. The molecule has 0 aliphatic heterocycles. The standard InChI is InChI=1S/C3H3NO.ClHO4/c1-2-5-3-4-1;2-1(3,4)5/h1-3H;(H,2,3,4,5). The zero-order chi connectivity index (χ0) is 8.04. The van der Waals surface area contributed by atoms with Crippen LogP contribution in [0.4, 0.5) is 0 Å². The number of oxazole rings is 1. The zero-order valence-electron chi connectivity index (χ0n) is 4.64. The van der Waals surface area contributed by atoms with Gasteiger partial charge in [-0.2, -0.15) is 14.0 Å². The van der Waals surface area contributed by atoms with E-state index in [0.717, 1.165) is 0 Å². The fourth-order valence-electron chi connectivity index (χ4n) is 0.176. The molecule has 0 amide bonds. The number of hydrogen-bond acceptors (Lipinski definition) is 6. The summed E-state index contributed by atoms with van der Waals surface area (Å²) in [6, 6.07) is 0. The molecule has 6 nitrogen and oxygen atoms in total. The van der Waals surface area contributed by atoms with Gasteiger partial charge in [-0.05, 0) is 0 Å². The van der Waals surface area contributed by atoms with Gasteiger partial charge in [0.25, 0.3) is 0 Å². The molecule has 0 spiro atoms. The van der Waals surface area contributed by atoms with E-state index in [1.165, 1.54) is 12.7 Å². The van der Waals surface area contributed by atoms with Crippen LogP contribution in [0, 0.1) is 10.2 Å².